The first-order valence-corrected chi connectivity index (χ1v) is 7.24. The molecule has 0 aliphatic carbocycles. The number of carbonyl (C=O) groups is 1. The second kappa shape index (κ2) is 6.63. The molecule has 2 atom stereocenters. The van der Waals surface area contributed by atoms with E-state index in [4.69, 9.17) is 0 Å². The van der Waals surface area contributed by atoms with Gasteiger partial charge in [0.25, 0.3) is 0 Å². The highest BCUT2D eigenvalue weighted by atomic mass is 32.1. The molecule has 2 rings (SSSR count). The van der Waals surface area contributed by atoms with Crippen molar-refractivity contribution in [3.63, 3.8) is 0 Å². The standard InChI is InChI=1S/C15H16FNO2S/c1-10(15(19)12-2-4-13(16)5-3-12)17-14(18)8-11-6-7-20-9-11/h2-7,9-10,15,19H,8H2,1H3,(H,17,18). The third-order valence-electron chi connectivity index (χ3n) is 3.02. The van der Waals surface area contributed by atoms with Crippen LogP contribution in [-0.4, -0.2) is 17.1 Å². The summed E-state index contributed by atoms with van der Waals surface area (Å²) in [5.41, 5.74) is 1.53. The molecule has 0 saturated heterocycles. The lowest BCUT2D eigenvalue weighted by atomic mass is 10.0. The quantitative estimate of drug-likeness (QED) is 0.890. The fourth-order valence-corrected chi connectivity index (χ4v) is 2.58. The molecule has 0 spiro atoms. The SMILES string of the molecule is CC(NC(=O)Cc1ccsc1)C(O)c1ccc(F)cc1. The van der Waals surface area contributed by atoms with Crippen LogP contribution in [0, 0.1) is 5.82 Å². The number of hydrogen-bond acceptors (Lipinski definition) is 3. The Morgan fingerprint density at radius 2 is 2.05 bits per heavy atom. The van der Waals surface area contributed by atoms with Gasteiger partial charge in [0.15, 0.2) is 0 Å². The van der Waals surface area contributed by atoms with Gasteiger partial charge < -0.3 is 10.4 Å². The highest BCUT2D eigenvalue weighted by Gasteiger charge is 2.18. The van der Waals surface area contributed by atoms with Crippen molar-refractivity contribution in [1.29, 1.82) is 0 Å². The molecule has 0 fully saturated rings. The number of halogens is 1. The number of aliphatic hydroxyl groups excluding tert-OH is 1. The number of carbonyl (C=O) groups excluding carboxylic acids is 1. The largest absolute Gasteiger partial charge is 0.386 e. The minimum absolute atomic E-state index is 0.142. The van der Waals surface area contributed by atoms with Crippen LogP contribution >= 0.6 is 11.3 Å². The number of benzene rings is 1. The van der Waals surface area contributed by atoms with Gasteiger partial charge in [0.1, 0.15) is 5.82 Å². The Morgan fingerprint density at radius 1 is 1.35 bits per heavy atom. The van der Waals surface area contributed by atoms with Gasteiger partial charge in [0, 0.05) is 0 Å². The van der Waals surface area contributed by atoms with E-state index in [9.17, 15) is 14.3 Å². The first-order chi connectivity index (χ1) is 9.56. The van der Waals surface area contributed by atoms with Crippen molar-refractivity contribution in [3.05, 3.63) is 58.0 Å². The van der Waals surface area contributed by atoms with Gasteiger partial charge in [-0.15, -0.1) is 0 Å². The first kappa shape index (κ1) is 14.7. The predicted octanol–water partition coefficient (Wildman–Crippen LogP) is 2.67. The summed E-state index contributed by atoms with van der Waals surface area (Å²) >= 11 is 1.54. The number of hydrogen-bond donors (Lipinski definition) is 2. The molecule has 0 aliphatic rings. The summed E-state index contributed by atoms with van der Waals surface area (Å²) in [6.07, 6.45) is -0.564. The van der Waals surface area contributed by atoms with Crippen LogP contribution in [-0.2, 0) is 11.2 Å². The average Bonchev–Trinajstić information content (AvgIpc) is 2.91. The maximum atomic E-state index is 12.8. The molecule has 2 aromatic rings. The maximum absolute atomic E-state index is 12.8. The molecular formula is C15H16FNO2S. The lowest BCUT2D eigenvalue weighted by Gasteiger charge is -2.20. The average molecular weight is 293 g/mol. The third kappa shape index (κ3) is 3.88. The second-order valence-corrected chi connectivity index (χ2v) is 5.44. The summed E-state index contributed by atoms with van der Waals surface area (Å²) in [6.45, 7) is 1.72. The Balaban J connectivity index is 1.91. The van der Waals surface area contributed by atoms with Gasteiger partial charge in [0.05, 0.1) is 18.6 Å². The Morgan fingerprint density at radius 3 is 2.65 bits per heavy atom. The van der Waals surface area contributed by atoms with Crippen molar-refractivity contribution in [2.24, 2.45) is 0 Å². The molecule has 20 heavy (non-hydrogen) atoms. The Bertz CT molecular complexity index is 554. The molecule has 1 amide bonds. The monoisotopic (exact) mass is 293 g/mol. The number of aliphatic hydroxyl groups is 1. The first-order valence-electron chi connectivity index (χ1n) is 6.30. The van der Waals surface area contributed by atoms with E-state index in [1.807, 2.05) is 16.8 Å². The summed E-state index contributed by atoms with van der Waals surface area (Å²) in [7, 11) is 0. The molecular weight excluding hydrogens is 277 g/mol. The van der Waals surface area contributed by atoms with Crippen molar-refractivity contribution in [2.45, 2.75) is 25.5 Å². The number of thiophene rings is 1. The van der Waals surface area contributed by atoms with Crippen LogP contribution in [0.4, 0.5) is 4.39 Å². The molecule has 1 aromatic heterocycles. The molecule has 106 valence electrons. The van der Waals surface area contributed by atoms with Crippen molar-refractivity contribution in [3.8, 4) is 0 Å². The van der Waals surface area contributed by atoms with E-state index >= 15 is 0 Å². The molecule has 0 bridgehead atoms. The van der Waals surface area contributed by atoms with E-state index in [0.29, 0.717) is 12.0 Å². The molecule has 1 heterocycles. The Kier molecular flexibility index (Phi) is 4.87. The normalized spacial score (nSPS) is 13.8. The fourth-order valence-electron chi connectivity index (χ4n) is 1.91. The summed E-state index contributed by atoms with van der Waals surface area (Å²) in [5, 5.41) is 16.7. The third-order valence-corrected chi connectivity index (χ3v) is 3.75. The van der Waals surface area contributed by atoms with Crippen LogP contribution in [0.5, 0.6) is 0 Å². The zero-order valence-electron chi connectivity index (χ0n) is 11.0. The van der Waals surface area contributed by atoms with Crippen LogP contribution in [0.15, 0.2) is 41.1 Å². The Hall–Kier alpha value is -1.72. The topological polar surface area (TPSA) is 49.3 Å². The van der Waals surface area contributed by atoms with Crippen molar-refractivity contribution < 1.29 is 14.3 Å². The van der Waals surface area contributed by atoms with Crippen LogP contribution in [0.1, 0.15) is 24.2 Å². The summed E-state index contributed by atoms with van der Waals surface area (Å²) in [6, 6.07) is 7.07. The fraction of sp³-hybridized carbons (Fsp3) is 0.267. The molecule has 2 N–H and O–H groups in total. The molecule has 1 aromatic carbocycles. The van der Waals surface area contributed by atoms with E-state index in [0.717, 1.165) is 5.56 Å². The van der Waals surface area contributed by atoms with Crippen molar-refractivity contribution in [2.75, 3.05) is 0 Å². The van der Waals surface area contributed by atoms with Crippen LogP contribution < -0.4 is 5.32 Å². The van der Waals surface area contributed by atoms with Gasteiger partial charge in [-0.3, -0.25) is 4.79 Å². The van der Waals surface area contributed by atoms with Gasteiger partial charge in [0.2, 0.25) is 5.91 Å². The molecule has 2 unspecified atom stereocenters. The van der Waals surface area contributed by atoms with E-state index in [-0.39, 0.29) is 11.7 Å². The minimum Gasteiger partial charge on any atom is -0.386 e. The van der Waals surface area contributed by atoms with Crippen molar-refractivity contribution >= 4 is 17.2 Å². The van der Waals surface area contributed by atoms with Crippen molar-refractivity contribution in [1.82, 2.24) is 5.32 Å². The van der Waals surface area contributed by atoms with Gasteiger partial charge >= 0.3 is 0 Å². The van der Waals surface area contributed by atoms with Crippen LogP contribution in [0.2, 0.25) is 0 Å². The lowest BCUT2D eigenvalue weighted by Crippen LogP contribution is -2.37. The predicted molar refractivity (Wildman–Crippen MR) is 77.0 cm³/mol. The zero-order chi connectivity index (χ0) is 14.5. The highest BCUT2D eigenvalue weighted by Crippen LogP contribution is 2.17. The second-order valence-electron chi connectivity index (χ2n) is 4.66. The van der Waals surface area contributed by atoms with E-state index in [2.05, 4.69) is 5.32 Å². The summed E-state index contributed by atoms with van der Waals surface area (Å²) in [4.78, 5) is 11.8. The highest BCUT2D eigenvalue weighted by molar-refractivity contribution is 7.07. The van der Waals surface area contributed by atoms with Gasteiger partial charge in [-0.25, -0.2) is 4.39 Å². The van der Waals surface area contributed by atoms with E-state index in [1.54, 1.807) is 18.3 Å². The number of amides is 1. The number of rotatable bonds is 5. The van der Waals surface area contributed by atoms with Gasteiger partial charge in [-0.1, -0.05) is 12.1 Å². The molecule has 3 nitrogen and oxygen atoms in total. The molecule has 5 heteroatoms. The van der Waals surface area contributed by atoms with Crippen LogP contribution in [0.3, 0.4) is 0 Å². The van der Waals surface area contributed by atoms with Crippen LogP contribution in [0.25, 0.3) is 0 Å². The summed E-state index contributed by atoms with van der Waals surface area (Å²) in [5.74, 6) is -0.493. The Labute approximate surface area is 121 Å². The minimum atomic E-state index is -0.859. The smallest absolute Gasteiger partial charge is 0.224 e. The maximum Gasteiger partial charge on any atom is 0.224 e. The van der Waals surface area contributed by atoms with E-state index in [1.165, 1.54) is 24.3 Å². The molecule has 0 radical (unpaired) electrons. The van der Waals surface area contributed by atoms with E-state index < -0.39 is 12.1 Å². The van der Waals surface area contributed by atoms with Gasteiger partial charge in [-0.2, -0.15) is 11.3 Å². The summed E-state index contributed by atoms with van der Waals surface area (Å²) < 4.78 is 12.8. The molecule has 0 aliphatic heterocycles. The zero-order valence-corrected chi connectivity index (χ0v) is 11.9. The lowest BCUT2D eigenvalue weighted by molar-refractivity contribution is -0.121. The number of nitrogens with one attached hydrogen (secondary N) is 1. The molecule has 0 saturated carbocycles. The van der Waals surface area contributed by atoms with Gasteiger partial charge in [-0.05, 0) is 47.0 Å².